The highest BCUT2D eigenvalue weighted by molar-refractivity contribution is 5.79. The highest BCUT2D eigenvalue weighted by Gasteiger charge is 2.17. The van der Waals surface area contributed by atoms with E-state index in [0.717, 1.165) is 4.68 Å². The number of rotatable bonds is 3. The Morgan fingerprint density at radius 2 is 1.21 bits per heavy atom. The first-order valence-electron chi connectivity index (χ1n) is 8.75. The molecule has 0 fully saturated rings. The average Bonchev–Trinajstić information content (AvgIpc) is 2.82. The predicted octanol–water partition coefficient (Wildman–Crippen LogP) is 2.41. The lowest BCUT2D eigenvalue weighted by Gasteiger charge is -2.19. The van der Waals surface area contributed by atoms with E-state index in [4.69, 9.17) is 0 Å². The van der Waals surface area contributed by atoms with Crippen molar-refractivity contribution in [1.82, 2.24) is 9.24 Å². The van der Waals surface area contributed by atoms with Gasteiger partial charge in [0.25, 0.3) is 5.56 Å². The van der Waals surface area contributed by atoms with E-state index < -0.39 is 16.7 Å². The third-order valence-electron chi connectivity index (χ3n) is 4.59. The van der Waals surface area contributed by atoms with Gasteiger partial charge in [0.05, 0.1) is 16.6 Å². The first-order valence-corrected chi connectivity index (χ1v) is 8.75. The van der Waals surface area contributed by atoms with Crippen LogP contribution in [0, 0.1) is 0 Å². The van der Waals surface area contributed by atoms with Crippen molar-refractivity contribution in [3.63, 3.8) is 0 Å². The number of nitrogens with zero attached hydrogens (tertiary/aromatic N) is 3. The molecule has 3 aromatic carbocycles. The fraction of sp³-hybridized carbons (Fsp3) is 0.0455. The zero-order chi connectivity index (χ0) is 19.7. The molecule has 0 aliphatic rings. The quantitative estimate of drug-likeness (QED) is 0.519. The van der Waals surface area contributed by atoms with E-state index in [9.17, 15) is 14.4 Å². The van der Waals surface area contributed by atoms with Crippen LogP contribution in [-0.4, -0.2) is 16.3 Å². The number of fused-ring (bicyclic) bond motifs is 1. The summed E-state index contributed by atoms with van der Waals surface area (Å²) in [6.45, 7) is 0. The molecule has 0 radical (unpaired) electrons. The van der Waals surface area contributed by atoms with E-state index in [0.29, 0.717) is 16.9 Å². The highest BCUT2D eigenvalue weighted by Crippen LogP contribution is 2.14. The molecule has 28 heavy (non-hydrogen) atoms. The van der Waals surface area contributed by atoms with Crippen LogP contribution in [0.1, 0.15) is 0 Å². The third kappa shape index (κ3) is 2.81. The molecule has 6 heteroatoms. The second kappa shape index (κ2) is 7.00. The number of anilines is 1. The van der Waals surface area contributed by atoms with Crippen LogP contribution in [-0.2, 0) is 0 Å². The summed E-state index contributed by atoms with van der Waals surface area (Å²) < 4.78 is 2.17. The van der Waals surface area contributed by atoms with Crippen LogP contribution in [0.3, 0.4) is 0 Å². The Bertz CT molecular complexity index is 1330. The fourth-order valence-electron chi connectivity index (χ4n) is 3.22. The van der Waals surface area contributed by atoms with E-state index in [1.807, 2.05) is 12.1 Å². The van der Waals surface area contributed by atoms with Gasteiger partial charge in [0.2, 0.25) is 0 Å². The van der Waals surface area contributed by atoms with Gasteiger partial charge in [0.1, 0.15) is 0 Å². The second-order valence-electron chi connectivity index (χ2n) is 6.27. The molecule has 0 N–H and O–H groups in total. The molecule has 138 valence electrons. The average molecular weight is 371 g/mol. The Morgan fingerprint density at radius 3 is 1.89 bits per heavy atom. The molecular weight excluding hydrogens is 354 g/mol. The van der Waals surface area contributed by atoms with E-state index >= 15 is 0 Å². The van der Waals surface area contributed by atoms with E-state index in [-0.39, 0.29) is 5.39 Å². The Kier molecular flexibility index (Phi) is 4.37. The van der Waals surface area contributed by atoms with Crippen LogP contribution in [0.15, 0.2) is 99.3 Å². The van der Waals surface area contributed by atoms with Crippen molar-refractivity contribution in [2.24, 2.45) is 0 Å². The van der Waals surface area contributed by atoms with Crippen LogP contribution >= 0.6 is 0 Å². The van der Waals surface area contributed by atoms with Crippen molar-refractivity contribution in [2.75, 3.05) is 12.1 Å². The summed E-state index contributed by atoms with van der Waals surface area (Å²) >= 11 is 0. The zero-order valence-electron chi connectivity index (χ0n) is 15.1. The molecule has 0 aliphatic carbocycles. The minimum atomic E-state index is -0.920. The summed E-state index contributed by atoms with van der Waals surface area (Å²) in [5.41, 5.74) is -0.767. The summed E-state index contributed by atoms with van der Waals surface area (Å²) in [6, 6.07) is 24.5. The van der Waals surface area contributed by atoms with Gasteiger partial charge in [0.15, 0.2) is 0 Å². The Morgan fingerprint density at radius 1 is 0.643 bits per heavy atom. The number of hydrogen-bond donors (Lipinski definition) is 0. The second-order valence-corrected chi connectivity index (χ2v) is 6.27. The molecule has 4 aromatic rings. The van der Waals surface area contributed by atoms with Gasteiger partial charge in [-0.05, 0) is 36.4 Å². The number of hydrogen-bond acceptors (Lipinski definition) is 4. The zero-order valence-corrected chi connectivity index (χ0v) is 15.1. The van der Waals surface area contributed by atoms with Crippen LogP contribution in [0.4, 0.5) is 5.69 Å². The maximum atomic E-state index is 13.3. The summed E-state index contributed by atoms with van der Waals surface area (Å²) in [6.07, 6.45) is 0. The summed E-state index contributed by atoms with van der Waals surface area (Å²) in [4.78, 5) is 39.5. The van der Waals surface area contributed by atoms with Crippen molar-refractivity contribution in [3.05, 3.63) is 116 Å². The first kappa shape index (κ1) is 17.5. The largest absolute Gasteiger partial charge is 0.338 e. The maximum Gasteiger partial charge on any atom is 0.338 e. The smallest absolute Gasteiger partial charge is 0.278 e. The van der Waals surface area contributed by atoms with E-state index in [2.05, 4.69) is 0 Å². The van der Waals surface area contributed by atoms with Crippen molar-refractivity contribution in [2.45, 2.75) is 0 Å². The van der Waals surface area contributed by atoms with Gasteiger partial charge in [-0.15, -0.1) is 0 Å². The lowest BCUT2D eigenvalue weighted by atomic mass is 10.2. The predicted molar refractivity (Wildman–Crippen MR) is 110 cm³/mol. The van der Waals surface area contributed by atoms with Crippen molar-refractivity contribution in [1.29, 1.82) is 0 Å². The van der Waals surface area contributed by atoms with Crippen LogP contribution in [0.25, 0.3) is 16.6 Å². The molecule has 0 unspecified atom stereocenters. The monoisotopic (exact) mass is 371 g/mol. The SMILES string of the molecule is CN(c1ccccc1)n1c(=O)c(=O)n(-c2ccccc2)c2ccccc2c1=O. The molecule has 1 heterocycles. The topological polar surface area (TPSA) is 64.3 Å². The summed E-state index contributed by atoms with van der Waals surface area (Å²) in [5.74, 6) is 0. The van der Waals surface area contributed by atoms with Crippen molar-refractivity contribution < 1.29 is 0 Å². The van der Waals surface area contributed by atoms with Gasteiger partial charge in [-0.3, -0.25) is 24.0 Å². The molecule has 0 amide bonds. The molecule has 0 atom stereocenters. The molecule has 1 aromatic heterocycles. The van der Waals surface area contributed by atoms with E-state index in [1.54, 1.807) is 79.8 Å². The standard InChI is InChI=1S/C22H17N3O3/c1-23(16-10-4-2-5-11-16)25-20(26)18-14-8-9-15-19(18)24(21(27)22(25)28)17-12-6-3-7-13-17/h2-15H,1H3. The fourth-order valence-corrected chi connectivity index (χ4v) is 3.22. The molecule has 0 spiro atoms. The third-order valence-corrected chi connectivity index (χ3v) is 4.59. The molecule has 0 aliphatic heterocycles. The van der Waals surface area contributed by atoms with Crippen LogP contribution in [0.2, 0.25) is 0 Å². The van der Waals surface area contributed by atoms with Gasteiger partial charge < -0.3 is 0 Å². The van der Waals surface area contributed by atoms with Crippen molar-refractivity contribution >= 4 is 16.6 Å². The lowest BCUT2D eigenvalue weighted by Crippen LogP contribution is -2.49. The Balaban J connectivity index is 2.18. The van der Waals surface area contributed by atoms with Gasteiger partial charge in [0, 0.05) is 12.7 Å². The van der Waals surface area contributed by atoms with Crippen molar-refractivity contribution in [3.8, 4) is 5.69 Å². The van der Waals surface area contributed by atoms with Gasteiger partial charge in [-0.2, -0.15) is 4.68 Å². The molecule has 0 saturated carbocycles. The van der Waals surface area contributed by atoms with Crippen LogP contribution in [0.5, 0.6) is 0 Å². The number of para-hydroxylation sites is 3. The molecular formula is C22H17N3O3. The Labute approximate surface area is 160 Å². The molecule has 4 rings (SSSR count). The number of benzene rings is 3. The maximum absolute atomic E-state index is 13.3. The van der Waals surface area contributed by atoms with Gasteiger partial charge >= 0.3 is 11.1 Å². The minimum Gasteiger partial charge on any atom is -0.278 e. The lowest BCUT2D eigenvalue weighted by molar-refractivity contribution is 0.710. The molecule has 0 bridgehead atoms. The highest BCUT2D eigenvalue weighted by atomic mass is 16.2. The number of aromatic nitrogens is 2. The molecule has 0 saturated heterocycles. The summed E-state index contributed by atoms with van der Waals surface area (Å²) in [7, 11) is 1.58. The first-order chi connectivity index (χ1) is 13.6. The van der Waals surface area contributed by atoms with Gasteiger partial charge in [-0.1, -0.05) is 48.5 Å². The van der Waals surface area contributed by atoms with E-state index in [1.165, 1.54) is 9.58 Å². The minimum absolute atomic E-state index is 0.272. The Hall–Kier alpha value is -3.93. The molecule has 6 nitrogen and oxygen atoms in total. The van der Waals surface area contributed by atoms with Crippen LogP contribution < -0.4 is 21.7 Å². The normalized spacial score (nSPS) is 10.8. The summed E-state index contributed by atoms with van der Waals surface area (Å²) in [5, 5.41) is 1.67. The van der Waals surface area contributed by atoms with Gasteiger partial charge in [-0.25, -0.2) is 0 Å².